The van der Waals surface area contributed by atoms with E-state index in [-0.39, 0.29) is 23.5 Å². The van der Waals surface area contributed by atoms with Crippen LogP contribution in [0.3, 0.4) is 0 Å². The Hall–Kier alpha value is -2.15. The molecule has 0 aromatic heterocycles. The first-order chi connectivity index (χ1) is 14.3. The van der Waals surface area contributed by atoms with Gasteiger partial charge in [0.05, 0.1) is 18.1 Å². The molecule has 3 N–H and O–H groups in total. The number of thioether (sulfide) groups is 1. The van der Waals surface area contributed by atoms with Gasteiger partial charge >= 0.3 is 0 Å². The number of amides is 3. The smallest absolute Gasteiger partial charge is 0.260 e. The van der Waals surface area contributed by atoms with E-state index in [9.17, 15) is 22.8 Å². The van der Waals surface area contributed by atoms with Gasteiger partial charge in [0.25, 0.3) is 11.8 Å². The largest absolute Gasteiger partial charge is 0.379 e. The van der Waals surface area contributed by atoms with Gasteiger partial charge in [0.1, 0.15) is 6.04 Å². The zero-order valence-corrected chi connectivity index (χ0v) is 18.5. The number of sulfonamides is 1. The maximum absolute atomic E-state index is 12.8. The summed E-state index contributed by atoms with van der Waals surface area (Å²) < 4.78 is 32.1. The summed E-state index contributed by atoms with van der Waals surface area (Å²) in [5, 5.41) is 2.61. The molecule has 1 aromatic rings. The number of ether oxygens (including phenoxy) is 1. The topological polar surface area (TPSA) is 134 Å². The second-order valence-electron chi connectivity index (χ2n) is 6.52. The summed E-state index contributed by atoms with van der Waals surface area (Å²) in [7, 11) is -3.75. The lowest BCUT2D eigenvalue weighted by Gasteiger charge is -2.26. The van der Waals surface area contributed by atoms with Crippen molar-refractivity contribution in [3.63, 3.8) is 0 Å². The van der Waals surface area contributed by atoms with Crippen LogP contribution in [-0.4, -0.2) is 74.8 Å². The molecular formula is C18H26N4O6S2. The average molecular weight is 459 g/mol. The van der Waals surface area contributed by atoms with Crippen molar-refractivity contribution in [1.82, 2.24) is 20.5 Å². The van der Waals surface area contributed by atoms with Gasteiger partial charge in [0.2, 0.25) is 15.9 Å². The molecule has 166 valence electrons. The standard InChI is InChI=1S/C18H26N4O6S2/c1-13(23)20-21-18(25)16(6-11-29-2)19-17(24)14-4-3-5-15(12-14)30(26,27)22-7-9-28-10-8-22/h3-5,12,16H,6-11H2,1-2H3,(H,19,24)(H,20,23)(H,21,25). The highest BCUT2D eigenvalue weighted by atomic mass is 32.2. The molecule has 0 radical (unpaired) electrons. The third-order valence-electron chi connectivity index (χ3n) is 4.30. The van der Waals surface area contributed by atoms with Crippen molar-refractivity contribution >= 4 is 39.5 Å². The molecule has 1 heterocycles. The first kappa shape index (κ1) is 24.1. The quantitative estimate of drug-likeness (QED) is 0.457. The minimum Gasteiger partial charge on any atom is -0.379 e. The van der Waals surface area contributed by atoms with Crippen molar-refractivity contribution in [2.24, 2.45) is 0 Å². The molecule has 1 atom stereocenters. The summed E-state index contributed by atoms with van der Waals surface area (Å²) in [5.41, 5.74) is 4.56. The normalized spacial score (nSPS) is 15.8. The van der Waals surface area contributed by atoms with Gasteiger partial charge < -0.3 is 10.1 Å². The lowest BCUT2D eigenvalue weighted by Crippen LogP contribution is -2.52. The van der Waals surface area contributed by atoms with E-state index in [1.807, 2.05) is 6.26 Å². The van der Waals surface area contributed by atoms with Gasteiger partial charge in [-0.3, -0.25) is 25.2 Å². The summed E-state index contributed by atoms with van der Waals surface area (Å²) in [5.74, 6) is -0.994. The molecule has 0 bridgehead atoms. The number of hydrogen-bond acceptors (Lipinski definition) is 7. The summed E-state index contributed by atoms with van der Waals surface area (Å²) >= 11 is 1.50. The fraction of sp³-hybridized carbons (Fsp3) is 0.500. The van der Waals surface area contributed by atoms with E-state index in [1.165, 1.54) is 47.3 Å². The van der Waals surface area contributed by atoms with Crippen LogP contribution in [0.5, 0.6) is 0 Å². The molecule has 12 heteroatoms. The van der Waals surface area contributed by atoms with Crippen LogP contribution >= 0.6 is 11.8 Å². The van der Waals surface area contributed by atoms with Crippen LogP contribution in [0.1, 0.15) is 23.7 Å². The zero-order valence-electron chi connectivity index (χ0n) is 16.8. The third kappa shape index (κ3) is 6.69. The lowest BCUT2D eigenvalue weighted by molar-refractivity contribution is -0.129. The molecule has 0 aliphatic carbocycles. The van der Waals surface area contributed by atoms with E-state index in [4.69, 9.17) is 4.74 Å². The van der Waals surface area contributed by atoms with Crippen LogP contribution in [0.15, 0.2) is 29.2 Å². The molecule has 1 aliphatic rings. The summed E-state index contributed by atoms with van der Waals surface area (Å²) in [6, 6.07) is 4.78. The Balaban J connectivity index is 2.15. The second kappa shape index (κ2) is 11.3. The molecule has 0 saturated carbocycles. The first-order valence-corrected chi connectivity index (χ1v) is 12.1. The van der Waals surface area contributed by atoms with Crippen LogP contribution in [0.4, 0.5) is 0 Å². The van der Waals surface area contributed by atoms with Gasteiger partial charge in [-0.15, -0.1) is 0 Å². The number of carbonyl (C=O) groups is 3. The number of hydrogen-bond donors (Lipinski definition) is 3. The fourth-order valence-electron chi connectivity index (χ4n) is 2.72. The van der Waals surface area contributed by atoms with Gasteiger partial charge in [0.15, 0.2) is 0 Å². The summed E-state index contributed by atoms with van der Waals surface area (Å²) in [4.78, 5) is 36.0. The highest BCUT2D eigenvalue weighted by molar-refractivity contribution is 7.98. The van der Waals surface area contributed by atoms with Crippen molar-refractivity contribution < 1.29 is 27.5 Å². The Morgan fingerprint density at radius 1 is 1.20 bits per heavy atom. The lowest BCUT2D eigenvalue weighted by atomic mass is 10.1. The SMILES string of the molecule is CSCCC(NC(=O)c1cccc(S(=O)(=O)N2CCOCC2)c1)C(=O)NNC(C)=O. The van der Waals surface area contributed by atoms with Gasteiger partial charge in [0, 0.05) is 25.6 Å². The minimum atomic E-state index is -3.75. The fourth-order valence-corrected chi connectivity index (χ4v) is 4.64. The Bertz CT molecular complexity index is 871. The minimum absolute atomic E-state index is 0.000381. The number of nitrogens with zero attached hydrogens (tertiary/aromatic N) is 1. The Morgan fingerprint density at radius 2 is 1.90 bits per heavy atom. The molecule has 1 fully saturated rings. The van der Waals surface area contributed by atoms with E-state index in [0.717, 1.165) is 0 Å². The predicted octanol–water partition coefficient (Wildman–Crippen LogP) is -0.274. The Labute approximate surface area is 180 Å². The molecule has 3 amide bonds. The van der Waals surface area contributed by atoms with E-state index in [1.54, 1.807) is 0 Å². The molecule has 30 heavy (non-hydrogen) atoms. The van der Waals surface area contributed by atoms with Gasteiger partial charge in [-0.25, -0.2) is 8.42 Å². The Kier molecular flexibility index (Phi) is 9.08. The number of benzene rings is 1. The van der Waals surface area contributed by atoms with Crippen molar-refractivity contribution in [3.05, 3.63) is 29.8 Å². The van der Waals surface area contributed by atoms with Crippen molar-refractivity contribution in [2.75, 3.05) is 38.3 Å². The summed E-state index contributed by atoms with van der Waals surface area (Å²) in [6.45, 7) is 2.38. The predicted molar refractivity (Wildman–Crippen MR) is 112 cm³/mol. The van der Waals surface area contributed by atoms with Gasteiger partial charge in [-0.05, 0) is 36.6 Å². The van der Waals surface area contributed by atoms with Gasteiger partial charge in [-0.1, -0.05) is 6.07 Å². The van der Waals surface area contributed by atoms with Crippen LogP contribution in [0.25, 0.3) is 0 Å². The second-order valence-corrected chi connectivity index (χ2v) is 9.45. The van der Waals surface area contributed by atoms with Crippen molar-refractivity contribution in [2.45, 2.75) is 24.3 Å². The van der Waals surface area contributed by atoms with E-state index < -0.39 is 33.8 Å². The zero-order chi connectivity index (χ0) is 22.1. The molecule has 0 spiro atoms. The maximum Gasteiger partial charge on any atom is 0.260 e. The third-order valence-corrected chi connectivity index (χ3v) is 6.84. The number of nitrogens with one attached hydrogen (secondary N) is 3. The average Bonchev–Trinajstić information content (AvgIpc) is 2.75. The number of rotatable bonds is 8. The highest BCUT2D eigenvalue weighted by Crippen LogP contribution is 2.18. The number of carbonyl (C=O) groups excluding carboxylic acids is 3. The molecule has 1 saturated heterocycles. The van der Waals surface area contributed by atoms with E-state index in [0.29, 0.717) is 25.4 Å². The molecule has 2 rings (SSSR count). The van der Waals surface area contributed by atoms with Crippen molar-refractivity contribution in [1.29, 1.82) is 0 Å². The van der Waals surface area contributed by atoms with Crippen LogP contribution in [-0.2, 0) is 24.3 Å². The van der Waals surface area contributed by atoms with E-state index in [2.05, 4.69) is 16.2 Å². The number of morpholine rings is 1. The van der Waals surface area contributed by atoms with Crippen LogP contribution < -0.4 is 16.2 Å². The molecule has 1 aromatic carbocycles. The van der Waals surface area contributed by atoms with E-state index >= 15 is 0 Å². The number of hydrazine groups is 1. The van der Waals surface area contributed by atoms with Crippen LogP contribution in [0, 0.1) is 0 Å². The van der Waals surface area contributed by atoms with Gasteiger partial charge in [-0.2, -0.15) is 16.1 Å². The summed E-state index contributed by atoms with van der Waals surface area (Å²) in [6.07, 6.45) is 2.20. The molecular weight excluding hydrogens is 432 g/mol. The van der Waals surface area contributed by atoms with Crippen LogP contribution in [0.2, 0.25) is 0 Å². The first-order valence-electron chi connectivity index (χ1n) is 9.30. The monoisotopic (exact) mass is 458 g/mol. The van der Waals surface area contributed by atoms with Crippen molar-refractivity contribution in [3.8, 4) is 0 Å². The molecule has 1 unspecified atom stereocenters. The molecule has 10 nitrogen and oxygen atoms in total. The highest BCUT2D eigenvalue weighted by Gasteiger charge is 2.27. The molecule has 1 aliphatic heterocycles. The maximum atomic E-state index is 12.8. The Morgan fingerprint density at radius 3 is 2.53 bits per heavy atom.